The average Bonchev–Trinajstić information content (AvgIpc) is 2.29. The molecule has 0 aliphatic rings. The topological polar surface area (TPSA) is 35.8 Å². The van der Waals surface area contributed by atoms with Crippen LogP contribution >= 0.6 is 23.2 Å². The van der Waals surface area contributed by atoms with Crippen LogP contribution in [0.15, 0.2) is 18.2 Å². The number of benzene rings is 1. The fraction of sp³-hybridized carbons (Fsp3) is 0.417. The Hall–Kier alpha value is -0.750. The maximum absolute atomic E-state index is 9.06. The molecule has 2 atom stereocenters. The highest BCUT2D eigenvalue weighted by Crippen LogP contribution is 2.29. The van der Waals surface area contributed by atoms with Crippen LogP contribution in [-0.4, -0.2) is 7.05 Å². The van der Waals surface area contributed by atoms with Gasteiger partial charge in [-0.05, 0) is 31.2 Å². The Labute approximate surface area is 106 Å². The van der Waals surface area contributed by atoms with Gasteiger partial charge < -0.3 is 5.32 Å². The van der Waals surface area contributed by atoms with Crippen molar-refractivity contribution in [3.63, 3.8) is 0 Å². The lowest BCUT2D eigenvalue weighted by Crippen LogP contribution is -2.24. The fourth-order valence-corrected chi connectivity index (χ4v) is 2.01. The van der Waals surface area contributed by atoms with Crippen molar-refractivity contribution in [1.29, 1.82) is 5.26 Å². The number of halogens is 2. The van der Waals surface area contributed by atoms with Gasteiger partial charge >= 0.3 is 0 Å². The number of rotatable bonds is 4. The molecule has 1 aromatic carbocycles. The summed E-state index contributed by atoms with van der Waals surface area (Å²) in [4.78, 5) is 0. The molecule has 2 nitrogen and oxygen atoms in total. The van der Waals surface area contributed by atoms with Crippen molar-refractivity contribution in [1.82, 2.24) is 5.32 Å². The Bertz CT molecular complexity index is 398. The molecule has 0 heterocycles. The van der Waals surface area contributed by atoms with Crippen LogP contribution in [0.1, 0.15) is 24.9 Å². The van der Waals surface area contributed by atoms with Crippen molar-refractivity contribution in [2.75, 3.05) is 7.05 Å². The number of nitrogens with zero attached hydrogens (tertiary/aromatic N) is 1. The third-order valence-electron chi connectivity index (χ3n) is 2.62. The normalized spacial score (nSPS) is 14.2. The Morgan fingerprint density at radius 2 is 2.06 bits per heavy atom. The smallest absolute Gasteiger partial charge is 0.0675 e. The van der Waals surface area contributed by atoms with Crippen LogP contribution in [0.5, 0.6) is 0 Å². The molecule has 0 saturated heterocycles. The van der Waals surface area contributed by atoms with Gasteiger partial charge in [-0.2, -0.15) is 5.26 Å². The maximum atomic E-state index is 9.06. The summed E-state index contributed by atoms with van der Waals surface area (Å²) in [6, 6.07) is 7.75. The van der Waals surface area contributed by atoms with Crippen LogP contribution in [0.3, 0.4) is 0 Å². The van der Waals surface area contributed by atoms with E-state index in [9.17, 15) is 0 Å². The van der Waals surface area contributed by atoms with E-state index in [4.69, 9.17) is 28.5 Å². The average molecular weight is 257 g/mol. The van der Waals surface area contributed by atoms with Crippen molar-refractivity contribution in [2.45, 2.75) is 19.4 Å². The number of nitriles is 1. The number of hydrogen-bond acceptors (Lipinski definition) is 2. The fourth-order valence-electron chi connectivity index (χ4n) is 1.71. The summed E-state index contributed by atoms with van der Waals surface area (Å²) in [6.45, 7) is 2.00. The van der Waals surface area contributed by atoms with E-state index in [1.54, 1.807) is 6.07 Å². The second-order valence-electron chi connectivity index (χ2n) is 3.58. The molecule has 0 radical (unpaired) electrons. The van der Waals surface area contributed by atoms with Crippen LogP contribution in [-0.2, 0) is 0 Å². The lowest BCUT2D eigenvalue weighted by Gasteiger charge is -2.21. The molecule has 0 aromatic heterocycles. The Kier molecular flexibility index (Phi) is 5.08. The van der Waals surface area contributed by atoms with Gasteiger partial charge in [-0.3, -0.25) is 0 Å². The lowest BCUT2D eigenvalue weighted by atomic mass is 9.92. The van der Waals surface area contributed by atoms with Gasteiger partial charge in [0.15, 0.2) is 0 Å². The van der Waals surface area contributed by atoms with Crippen molar-refractivity contribution in [3.8, 4) is 6.07 Å². The minimum atomic E-state index is -0.0674. The monoisotopic (exact) mass is 256 g/mol. The van der Waals surface area contributed by atoms with Gasteiger partial charge in [0.1, 0.15) is 0 Å². The SMILES string of the molecule is CCC(C#N)C(NC)c1ccc(Cl)c(Cl)c1. The highest BCUT2D eigenvalue weighted by Gasteiger charge is 2.20. The van der Waals surface area contributed by atoms with Gasteiger partial charge in [0.2, 0.25) is 0 Å². The van der Waals surface area contributed by atoms with Gasteiger partial charge in [-0.15, -0.1) is 0 Å². The van der Waals surface area contributed by atoms with Crippen molar-refractivity contribution in [3.05, 3.63) is 33.8 Å². The summed E-state index contributed by atoms with van der Waals surface area (Å²) in [5.74, 6) is -0.0674. The minimum absolute atomic E-state index is 0.00948. The first-order chi connectivity index (χ1) is 7.63. The quantitative estimate of drug-likeness (QED) is 0.890. The second-order valence-corrected chi connectivity index (χ2v) is 4.40. The van der Waals surface area contributed by atoms with Crippen LogP contribution in [0, 0.1) is 17.2 Å². The Morgan fingerprint density at radius 1 is 1.38 bits per heavy atom. The first-order valence-electron chi connectivity index (χ1n) is 5.15. The van der Waals surface area contributed by atoms with Crippen molar-refractivity contribution in [2.24, 2.45) is 5.92 Å². The molecule has 16 heavy (non-hydrogen) atoms. The van der Waals surface area contributed by atoms with E-state index in [0.717, 1.165) is 12.0 Å². The summed E-state index contributed by atoms with van der Waals surface area (Å²) in [7, 11) is 1.84. The first kappa shape index (κ1) is 13.3. The molecule has 0 spiro atoms. The largest absolute Gasteiger partial charge is 0.312 e. The van der Waals surface area contributed by atoms with E-state index in [0.29, 0.717) is 10.0 Å². The highest BCUT2D eigenvalue weighted by molar-refractivity contribution is 6.42. The molecule has 0 amide bonds. The Morgan fingerprint density at radius 3 is 2.50 bits per heavy atom. The molecule has 0 fully saturated rings. The lowest BCUT2D eigenvalue weighted by molar-refractivity contribution is 0.449. The van der Waals surface area contributed by atoms with Crippen LogP contribution in [0.25, 0.3) is 0 Å². The summed E-state index contributed by atoms with van der Waals surface area (Å²) in [5.41, 5.74) is 0.991. The first-order valence-corrected chi connectivity index (χ1v) is 5.91. The molecule has 1 aromatic rings. The number of nitrogens with one attached hydrogen (secondary N) is 1. The van der Waals surface area contributed by atoms with Crippen molar-refractivity contribution < 1.29 is 0 Å². The standard InChI is InChI=1S/C12H14Cl2N2/c1-3-8(7-15)12(16-2)9-4-5-10(13)11(14)6-9/h4-6,8,12,16H,3H2,1-2H3. The second kappa shape index (κ2) is 6.10. The van der Waals surface area contributed by atoms with Gasteiger partial charge in [0.05, 0.1) is 22.0 Å². The molecule has 1 N–H and O–H groups in total. The molecule has 86 valence electrons. The zero-order chi connectivity index (χ0) is 12.1. The summed E-state index contributed by atoms with van der Waals surface area (Å²) in [6.07, 6.45) is 0.794. The predicted octanol–water partition coefficient (Wildman–Crippen LogP) is 3.80. The van der Waals surface area contributed by atoms with E-state index < -0.39 is 0 Å². The van der Waals surface area contributed by atoms with E-state index in [1.807, 2.05) is 26.1 Å². The van der Waals surface area contributed by atoms with E-state index in [2.05, 4.69) is 11.4 Å². The van der Waals surface area contributed by atoms with Gasteiger partial charge in [-0.1, -0.05) is 36.2 Å². The molecule has 1 rings (SSSR count). The number of hydrogen-bond donors (Lipinski definition) is 1. The van der Waals surface area contributed by atoms with Crippen LogP contribution in [0.4, 0.5) is 0 Å². The molecule has 0 saturated carbocycles. The zero-order valence-electron chi connectivity index (χ0n) is 9.30. The van der Waals surface area contributed by atoms with Crippen LogP contribution < -0.4 is 5.32 Å². The third-order valence-corrected chi connectivity index (χ3v) is 3.36. The summed E-state index contributed by atoms with van der Waals surface area (Å²) >= 11 is 11.8. The van der Waals surface area contributed by atoms with Gasteiger partial charge in [0, 0.05) is 6.04 Å². The molecular formula is C12H14Cl2N2. The van der Waals surface area contributed by atoms with Crippen molar-refractivity contribution >= 4 is 23.2 Å². The minimum Gasteiger partial charge on any atom is -0.312 e. The molecule has 0 aliphatic carbocycles. The predicted molar refractivity (Wildman–Crippen MR) is 67.7 cm³/mol. The van der Waals surface area contributed by atoms with E-state index in [1.165, 1.54) is 0 Å². The van der Waals surface area contributed by atoms with Crippen LogP contribution in [0.2, 0.25) is 10.0 Å². The molecule has 4 heteroatoms. The summed E-state index contributed by atoms with van der Waals surface area (Å²) in [5, 5.41) is 13.3. The van der Waals surface area contributed by atoms with Gasteiger partial charge in [-0.25, -0.2) is 0 Å². The van der Waals surface area contributed by atoms with E-state index >= 15 is 0 Å². The van der Waals surface area contributed by atoms with E-state index in [-0.39, 0.29) is 12.0 Å². The molecule has 0 aliphatic heterocycles. The summed E-state index contributed by atoms with van der Waals surface area (Å²) < 4.78 is 0. The Balaban J connectivity index is 3.04. The maximum Gasteiger partial charge on any atom is 0.0675 e. The zero-order valence-corrected chi connectivity index (χ0v) is 10.8. The highest BCUT2D eigenvalue weighted by atomic mass is 35.5. The third kappa shape index (κ3) is 2.89. The van der Waals surface area contributed by atoms with Gasteiger partial charge in [0.25, 0.3) is 0 Å². The molecular weight excluding hydrogens is 243 g/mol. The molecule has 2 unspecified atom stereocenters. The molecule has 0 bridgehead atoms.